The smallest absolute Gasteiger partial charge is 0.351 e. The summed E-state index contributed by atoms with van der Waals surface area (Å²) in [6, 6.07) is 10.7. The molecule has 0 aliphatic carbocycles. The first-order valence-corrected chi connectivity index (χ1v) is 11.5. The third-order valence-corrected chi connectivity index (χ3v) is 6.88. The second-order valence-corrected chi connectivity index (χ2v) is 8.74. The molecule has 0 amide bonds. The minimum Gasteiger partial charge on any atom is -0.351 e. The first-order valence-electron chi connectivity index (χ1n) is 10.3. The monoisotopic (exact) mass is 432 g/mol. The van der Waals surface area contributed by atoms with Crippen LogP contribution in [-0.4, -0.2) is 36.9 Å². The third-order valence-electron chi connectivity index (χ3n) is 6.08. The Kier molecular flexibility index (Phi) is 4.81. The van der Waals surface area contributed by atoms with E-state index in [-0.39, 0.29) is 5.69 Å². The molecule has 1 aliphatic heterocycles. The maximum Gasteiger partial charge on any atom is 0.351 e. The molecule has 0 atom stereocenters. The number of nitrogens with zero attached hydrogens (tertiary/aromatic N) is 6. The van der Waals surface area contributed by atoms with Crippen molar-refractivity contribution in [2.24, 2.45) is 7.05 Å². The number of pyridine rings is 1. The summed E-state index contributed by atoms with van der Waals surface area (Å²) < 4.78 is 2.92. The first kappa shape index (κ1) is 19.8. The lowest BCUT2D eigenvalue weighted by molar-refractivity contribution is 0.698. The van der Waals surface area contributed by atoms with Crippen molar-refractivity contribution < 1.29 is 0 Å². The largest absolute Gasteiger partial charge is 0.351 e. The van der Waals surface area contributed by atoms with Crippen LogP contribution < -0.4 is 10.6 Å². The summed E-state index contributed by atoms with van der Waals surface area (Å²) >= 11 is 1.75. The van der Waals surface area contributed by atoms with Crippen LogP contribution in [0, 0.1) is 13.8 Å². The molecular weight excluding hydrogens is 408 g/mol. The lowest BCUT2D eigenvalue weighted by Gasteiger charge is -2.31. The van der Waals surface area contributed by atoms with Crippen molar-refractivity contribution in [3.63, 3.8) is 0 Å². The Hall–Kier alpha value is -3.13. The molecule has 0 spiro atoms. The number of aryl methyl sites for hydroxylation is 2. The molecule has 0 saturated carbocycles. The molecule has 3 aromatic heterocycles. The van der Waals surface area contributed by atoms with E-state index in [0.29, 0.717) is 5.78 Å². The van der Waals surface area contributed by atoms with Gasteiger partial charge in [-0.1, -0.05) is 18.2 Å². The van der Waals surface area contributed by atoms with Crippen molar-refractivity contribution in [3.8, 4) is 11.1 Å². The van der Waals surface area contributed by atoms with E-state index in [1.165, 1.54) is 20.7 Å². The highest BCUT2D eigenvalue weighted by molar-refractivity contribution is 7.98. The molecule has 5 rings (SSSR count). The Morgan fingerprint density at radius 3 is 2.77 bits per heavy atom. The lowest BCUT2D eigenvalue weighted by Crippen LogP contribution is -2.33. The molecule has 7 nitrogen and oxygen atoms in total. The van der Waals surface area contributed by atoms with E-state index in [1.54, 1.807) is 23.2 Å². The molecule has 31 heavy (non-hydrogen) atoms. The number of fused-ring (bicyclic) bond motifs is 2. The van der Waals surface area contributed by atoms with E-state index < -0.39 is 0 Å². The molecule has 0 bridgehead atoms. The average Bonchev–Trinajstić information content (AvgIpc) is 3.08. The van der Waals surface area contributed by atoms with Crippen LogP contribution >= 0.6 is 11.8 Å². The highest BCUT2D eigenvalue weighted by Gasteiger charge is 2.23. The molecule has 0 N–H and O–H groups in total. The molecular formula is C23H24N6OS. The van der Waals surface area contributed by atoms with E-state index in [1.807, 2.05) is 20.0 Å². The van der Waals surface area contributed by atoms with Gasteiger partial charge < -0.3 is 4.90 Å². The van der Waals surface area contributed by atoms with Gasteiger partial charge in [-0.25, -0.2) is 13.9 Å². The Morgan fingerprint density at radius 2 is 1.97 bits per heavy atom. The number of hydrogen-bond donors (Lipinski definition) is 0. The summed E-state index contributed by atoms with van der Waals surface area (Å²) in [6.07, 6.45) is 4.95. The summed E-state index contributed by atoms with van der Waals surface area (Å²) in [6.45, 7) is 5.54. The predicted octanol–water partition coefficient (Wildman–Crippen LogP) is 3.39. The van der Waals surface area contributed by atoms with Crippen LogP contribution in [0.15, 0.2) is 46.2 Å². The molecule has 1 aromatic carbocycles. The predicted molar refractivity (Wildman–Crippen MR) is 124 cm³/mol. The fourth-order valence-electron chi connectivity index (χ4n) is 4.27. The number of thioether (sulfide) groups is 1. The molecule has 4 aromatic rings. The van der Waals surface area contributed by atoms with Crippen molar-refractivity contribution in [2.75, 3.05) is 17.7 Å². The van der Waals surface area contributed by atoms with Crippen molar-refractivity contribution in [2.45, 2.75) is 31.7 Å². The number of hydrogen-bond acceptors (Lipinski definition) is 6. The van der Waals surface area contributed by atoms with Crippen LogP contribution in [0.1, 0.15) is 22.5 Å². The van der Waals surface area contributed by atoms with Gasteiger partial charge in [0.2, 0.25) is 0 Å². The number of rotatable bonds is 3. The average molecular weight is 433 g/mol. The van der Waals surface area contributed by atoms with E-state index in [0.717, 1.165) is 47.8 Å². The Bertz CT molecular complexity index is 1370. The van der Waals surface area contributed by atoms with Gasteiger partial charge in [0, 0.05) is 60.2 Å². The van der Waals surface area contributed by atoms with Gasteiger partial charge in [0.05, 0.1) is 0 Å². The zero-order valence-electron chi connectivity index (χ0n) is 18.1. The topological polar surface area (TPSA) is 68.3 Å². The first-order chi connectivity index (χ1) is 15.0. The molecule has 0 radical (unpaired) electrons. The Labute approximate surface area is 184 Å². The number of anilines is 1. The zero-order valence-corrected chi connectivity index (χ0v) is 18.9. The molecule has 158 valence electrons. The van der Waals surface area contributed by atoms with E-state index in [9.17, 15) is 4.79 Å². The van der Waals surface area contributed by atoms with E-state index in [2.05, 4.69) is 46.6 Å². The van der Waals surface area contributed by atoms with Crippen LogP contribution in [0.5, 0.6) is 0 Å². The van der Waals surface area contributed by atoms with Crippen LogP contribution in [0.3, 0.4) is 0 Å². The quantitative estimate of drug-likeness (QED) is 0.462. The highest BCUT2D eigenvalue weighted by Crippen LogP contribution is 2.33. The van der Waals surface area contributed by atoms with Crippen molar-refractivity contribution in [1.82, 2.24) is 24.1 Å². The maximum atomic E-state index is 12.4. The normalized spacial score (nSPS) is 13.6. The second-order valence-electron chi connectivity index (χ2n) is 7.89. The van der Waals surface area contributed by atoms with Gasteiger partial charge in [0.15, 0.2) is 0 Å². The van der Waals surface area contributed by atoms with Gasteiger partial charge in [0.25, 0.3) is 5.78 Å². The minimum absolute atomic E-state index is 0.167. The summed E-state index contributed by atoms with van der Waals surface area (Å²) in [5.74, 6) is 1.33. The fraction of sp³-hybridized carbons (Fsp3) is 0.304. The standard InChI is InChI=1S/C23H24N6OS/c1-14-15(2)29-22(26-27(3)23(29)30)25-21(14)28-10-9-19-17(13-28)11-16(12-24-19)18-7-5-6-8-20(18)31-4/h5-8,11-12H,9-10,13H2,1-4H3. The van der Waals surface area contributed by atoms with Crippen LogP contribution in [0.2, 0.25) is 0 Å². The molecule has 0 unspecified atom stereocenters. The van der Waals surface area contributed by atoms with Crippen molar-refractivity contribution in [3.05, 3.63) is 69.5 Å². The van der Waals surface area contributed by atoms with Gasteiger partial charge >= 0.3 is 5.69 Å². The van der Waals surface area contributed by atoms with Crippen molar-refractivity contribution >= 4 is 23.4 Å². The van der Waals surface area contributed by atoms with Crippen molar-refractivity contribution in [1.29, 1.82) is 0 Å². The summed E-state index contributed by atoms with van der Waals surface area (Å²) in [5, 5.41) is 4.30. The minimum atomic E-state index is -0.167. The van der Waals surface area contributed by atoms with E-state index >= 15 is 0 Å². The molecule has 8 heteroatoms. The van der Waals surface area contributed by atoms with Crippen LogP contribution in [-0.2, 0) is 20.0 Å². The second kappa shape index (κ2) is 7.53. The van der Waals surface area contributed by atoms with Crippen LogP contribution in [0.25, 0.3) is 16.9 Å². The Morgan fingerprint density at radius 1 is 1.16 bits per heavy atom. The van der Waals surface area contributed by atoms with Gasteiger partial charge in [0.1, 0.15) is 5.82 Å². The summed E-state index contributed by atoms with van der Waals surface area (Å²) in [5.41, 5.74) is 6.43. The van der Waals surface area contributed by atoms with Gasteiger partial charge in [-0.15, -0.1) is 16.9 Å². The summed E-state index contributed by atoms with van der Waals surface area (Å²) in [4.78, 5) is 25.4. The number of aromatic nitrogens is 5. The molecule has 4 heterocycles. The van der Waals surface area contributed by atoms with Gasteiger partial charge in [-0.05, 0) is 43.4 Å². The molecule has 0 fully saturated rings. The molecule has 0 saturated heterocycles. The summed E-state index contributed by atoms with van der Waals surface area (Å²) in [7, 11) is 1.65. The Balaban J connectivity index is 1.55. The highest BCUT2D eigenvalue weighted by atomic mass is 32.2. The molecule has 1 aliphatic rings. The van der Waals surface area contributed by atoms with Crippen LogP contribution in [0.4, 0.5) is 5.82 Å². The number of benzene rings is 1. The third kappa shape index (κ3) is 3.22. The van der Waals surface area contributed by atoms with E-state index in [4.69, 9.17) is 9.97 Å². The lowest BCUT2D eigenvalue weighted by atomic mass is 10.00. The van der Waals surface area contributed by atoms with Gasteiger partial charge in [-0.2, -0.15) is 4.98 Å². The fourth-order valence-corrected chi connectivity index (χ4v) is 4.89. The zero-order chi connectivity index (χ0) is 21.7. The maximum absolute atomic E-state index is 12.4. The van der Waals surface area contributed by atoms with Gasteiger partial charge in [-0.3, -0.25) is 4.98 Å². The SMILES string of the molecule is CSc1ccccc1-c1cnc2c(c1)CN(c1nc3nn(C)c(=O)n3c(C)c1C)CC2.